The maximum absolute atomic E-state index is 12.2. The smallest absolute Gasteiger partial charge is 0.254 e. The summed E-state index contributed by atoms with van der Waals surface area (Å²) in [7, 11) is 0. The average Bonchev–Trinajstić information content (AvgIpc) is 2.67. The predicted molar refractivity (Wildman–Crippen MR) is 103 cm³/mol. The number of aromatic nitrogens is 2. The van der Waals surface area contributed by atoms with Gasteiger partial charge in [-0.1, -0.05) is 54.1 Å². The van der Waals surface area contributed by atoms with Crippen LogP contribution in [-0.4, -0.2) is 15.9 Å². The second-order valence-electron chi connectivity index (χ2n) is 5.85. The van der Waals surface area contributed by atoms with E-state index >= 15 is 0 Å². The van der Waals surface area contributed by atoms with Gasteiger partial charge in [0.05, 0.1) is 5.56 Å². The Kier molecular flexibility index (Phi) is 5.81. The molecule has 0 aliphatic carbocycles. The Morgan fingerprint density at radius 2 is 1.62 bits per heavy atom. The van der Waals surface area contributed by atoms with E-state index in [1.54, 1.807) is 0 Å². The Labute approximate surface area is 157 Å². The van der Waals surface area contributed by atoms with E-state index < -0.39 is 0 Å². The lowest BCUT2D eigenvalue weighted by atomic mass is 10.1. The first kappa shape index (κ1) is 17.9. The van der Waals surface area contributed by atoms with Gasteiger partial charge in [-0.15, -0.1) is 0 Å². The lowest BCUT2D eigenvalue weighted by Crippen LogP contribution is -2.23. The fourth-order valence-corrected chi connectivity index (χ4v) is 2.64. The Morgan fingerprint density at radius 3 is 2.31 bits per heavy atom. The second kappa shape index (κ2) is 8.45. The molecule has 3 aromatic rings. The molecule has 2 aromatic carbocycles. The lowest BCUT2D eigenvalue weighted by molar-refractivity contribution is 0.0950. The number of hydrogen-bond donors (Lipinski definition) is 2. The molecule has 6 heteroatoms. The molecule has 0 spiro atoms. The molecule has 26 heavy (non-hydrogen) atoms. The monoisotopic (exact) mass is 366 g/mol. The third-order valence-electron chi connectivity index (χ3n) is 4.01. The number of anilines is 1. The number of aryl methyl sites for hydroxylation is 1. The number of carbonyl (C=O) groups excluding carboxylic acids is 1. The van der Waals surface area contributed by atoms with Crippen LogP contribution in [0.25, 0.3) is 0 Å². The standard InChI is InChI=1S/C20H19ClN4O/c1-14-6-2-3-7-15(14)10-22-19(26)17-12-24-20(25-13-17)23-11-16-8-4-5-9-18(16)21/h2-9,12-13H,10-11H2,1H3,(H,22,26)(H,23,24,25). The van der Waals surface area contributed by atoms with Gasteiger partial charge in [0.2, 0.25) is 5.95 Å². The lowest BCUT2D eigenvalue weighted by Gasteiger charge is -2.09. The molecule has 0 aliphatic heterocycles. The van der Waals surface area contributed by atoms with E-state index in [9.17, 15) is 4.79 Å². The van der Waals surface area contributed by atoms with Crippen molar-refractivity contribution in [3.05, 3.63) is 88.2 Å². The van der Waals surface area contributed by atoms with Crippen molar-refractivity contribution in [2.45, 2.75) is 20.0 Å². The van der Waals surface area contributed by atoms with Crippen LogP contribution in [0.4, 0.5) is 5.95 Å². The van der Waals surface area contributed by atoms with Crippen molar-refractivity contribution in [2.75, 3.05) is 5.32 Å². The zero-order chi connectivity index (χ0) is 18.4. The van der Waals surface area contributed by atoms with Crippen molar-refractivity contribution in [1.29, 1.82) is 0 Å². The van der Waals surface area contributed by atoms with Crippen LogP contribution in [-0.2, 0) is 13.1 Å². The Balaban J connectivity index is 1.56. The summed E-state index contributed by atoms with van der Waals surface area (Å²) in [5.41, 5.74) is 3.60. The van der Waals surface area contributed by atoms with Gasteiger partial charge >= 0.3 is 0 Å². The van der Waals surface area contributed by atoms with Gasteiger partial charge in [0.15, 0.2) is 0 Å². The number of carbonyl (C=O) groups is 1. The first-order valence-electron chi connectivity index (χ1n) is 8.25. The average molecular weight is 367 g/mol. The van der Waals surface area contributed by atoms with E-state index in [1.807, 2.05) is 55.5 Å². The van der Waals surface area contributed by atoms with Gasteiger partial charge in [-0.25, -0.2) is 9.97 Å². The number of amides is 1. The zero-order valence-electron chi connectivity index (χ0n) is 14.4. The van der Waals surface area contributed by atoms with Crippen molar-refractivity contribution in [2.24, 2.45) is 0 Å². The maximum atomic E-state index is 12.2. The summed E-state index contributed by atoms with van der Waals surface area (Å²) in [6.07, 6.45) is 3.02. The molecule has 0 fully saturated rings. The third-order valence-corrected chi connectivity index (χ3v) is 4.38. The molecule has 1 aromatic heterocycles. The third kappa shape index (κ3) is 4.58. The quantitative estimate of drug-likeness (QED) is 0.692. The SMILES string of the molecule is Cc1ccccc1CNC(=O)c1cnc(NCc2ccccc2Cl)nc1. The molecule has 1 amide bonds. The van der Waals surface area contributed by atoms with Gasteiger partial charge in [-0.05, 0) is 29.7 Å². The van der Waals surface area contributed by atoms with Crippen LogP contribution in [0.2, 0.25) is 5.02 Å². The Bertz CT molecular complexity index is 896. The van der Waals surface area contributed by atoms with Gasteiger partial charge in [0.25, 0.3) is 5.91 Å². The first-order valence-corrected chi connectivity index (χ1v) is 8.63. The minimum Gasteiger partial charge on any atom is -0.350 e. The van der Waals surface area contributed by atoms with Crippen molar-refractivity contribution >= 4 is 23.5 Å². The molecule has 5 nitrogen and oxygen atoms in total. The summed E-state index contributed by atoms with van der Waals surface area (Å²) in [6.45, 7) is 3.00. The normalized spacial score (nSPS) is 10.4. The summed E-state index contributed by atoms with van der Waals surface area (Å²) in [6, 6.07) is 15.5. The van der Waals surface area contributed by atoms with E-state index in [4.69, 9.17) is 11.6 Å². The fourth-order valence-electron chi connectivity index (χ4n) is 2.44. The number of hydrogen-bond acceptors (Lipinski definition) is 4. The van der Waals surface area contributed by atoms with E-state index in [0.29, 0.717) is 29.6 Å². The molecular formula is C20H19ClN4O. The van der Waals surface area contributed by atoms with E-state index in [1.165, 1.54) is 12.4 Å². The first-order chi connectivity index (χ1) is 12.6. The summed E-state index contributed by atoms with van der Waals surface area (Å²) in [5, 5.41) is 6.67. The van der Waals surface area contributed by atoms with Crippen molar-refractivity contribution in [3.63, 3.8) is 0 Å². The molecular weight excluding hydrogens is 348 g/mol. The molecule has 3 rings (SSSR count). The van der Waals surface area contributed by atoms with Crippen LogP contribution >= 0.6 is 11.6 Å². The van der Waals surface area contributed by atoms with Gasteiger partial charge in [-0.3, -0.25) is 4.79 Å². The van der Waals surface area contributed by atoms with Crippen LogP contribution in [0.5, 0.6) is 0 Å². The number of nitrogens with one attached hydrogen (secondary N) is 2. The highest BCUT2D eigenvalue weighted by atomic mass is 35.5. The Hall–Kier alpha value is -2.92. The fraction of sp³-hybridized carbons (Fsp3) is 0.150. The molecule has 0 bridgehead atoms. The van der Waals surface area contributed by atoms with Gasteiger partial charge in [-0.2, -0.15) is 0 Å². The molecule has 0 atom stereocenters. The molecule has 0 saturated carbocycles. The highest BCUT2D eigenvalue weighted by molar-refractivity contribution is 6.31. The molecule has 0 aliphatic rings. The number of benzene rings is 2. The second-order valence-corrected chi connectivity index (χ2v) is 6.26. The molecule has 0 unspecified atom stereocenters. The zero-order valence-corrected chi connectivity index (χ0v) is 15.1. The van der Waals surface area contributed by atoms with E-state index in [0.717, 1.165) is 16.7 Å². The van der Waals surface area contributed by atoms with Gasteiger partial charge < -0.3 is 10.6 Å². The largest absolute Gasteiger partial charge is 0.350 e. The summed E-state index contributed by atoms with van der Waals surface area (Å²) in [4.78, 5) is 20.6. The molecule has 1 heterocycles. The molecule has 2 N–H and O–H groups in total. The summed E-state index contributed by atoms with van der Waals surface area (Å²) < 4.78 is 0. The van der Waals surface area contributed by atoms with Crippen molar-refractivity contribution in [1.82, 2.24) is 15.3 Å². The highest BCUT2D eigenvalue weighted by Gasteiger charge is 2.08. The van der Waals surface area contributed by atoms with Crippen LogP contribution in [0.1, 0.15) is 27.0 Å². The van der Waals surface area contributed by atoms with Crippen LogP contribution < -0.4 is 10.6 Å². The number of nitrogens with zero attached hydrogens (tertiary/aromatic N) is 2. The van der Waals surface area contributed by atoms with Crippen LogP contribution in [0.3, 0.4) is 0 Å². The minimum absolute atomic E-state index is 0.203. The number of rotatable bonds is 6. The van der Waals surface area contributed by atoms with Crippen LogP contribution in [0.15, 0.2) is 60.9 Å². The van der Waals surface area contributed by atoms with E-state index in [2.05, 4.69) is 20.6 Å². The summed E-state index contributed by atoms with van der Waals surface area (Å²) in [5.74, 6) is 0.242. The van der Waals surface area contributed by atoms with Gasteiger partial charge in [0, 0.05) is 30.5 Å². The summed E-state index contributed by atoms with van der Waals surface area (Å²) >= 11 is 6.12. The number of halogens is 1. The predicted octanol–water partition coefficient (Wildman–Crippen LogP) is 3.98. The molecule has 0 radical (unpaired) electrons. The Morgan fingerprint density at radius 1 is 0.962 bits per heavy atom. The molecule has 0 saturated heterocycles. The molecule has 132 valence electrons. The highest BCUT2D eigenvalue weighted by Crippen LogP contribution is 2.15. The van der Waals surface area contributed by atoms with Crippen molar-refractivity contribution in [3.8, 4) is 0 Å². The van der Waals surface area contributed by atoms with E-state index in [-0.39, 0.29) is 5.91 Å². The van der Waals surface area contributed by atoms with Gasteiger partial charge in [0.1, 0.15) is 0 Å². The topological polar surface area (TPSA) is 66.9 Å². The van der Waals surface area contributed by atoms with Crippen molar-refractivity contribution < 1.29 is 4.79 Å². The maximum Gasteiger partial charge on any atom is 0.254 e. The van der Waals surface area contributed by atoms with Crippen LogP contribution in [0, 0.1) is 6.92 Å². The minimum atomic E-state index is -0.203.